The van der Waals surface area contributed by atoms with Gasteiger partial charge >= 0.3 is 12.1 Å². The number of aromatic nitrogens is 2. The third-order valence-corrected chi connectivity index (χ3v) is 2.83. The number of halogens is 3. The number of carboxylic acid groups (broad SMARTS) is 1. The van der Waals surface area contributed by atoms with Gasteiger partial charge in [-0.1, -0.05) is 12.1 Å². The predicted octanol–water partition coefficient (Wildman–Crippen LogP) is 3.29. The summed E-state index contributed by atoms with van der Waals surface area (Å²) in [4.78, 5) is 11.1. The van der Waals surface area contributed by atoms with Crippen LogP contribution in [0.5, 0.6) is 0 Å². The SMILES string of the molecule is CCn1ncc(C(=O)O)c1-c1cccc(C(F)(F)F)c1. The minimum Gasteiger partial charge on any atom is -0.478 e. The molecule has 2 rings (SSSR count). The number of aromatic carboxylic acids is 1. The molecular weight excluding hydrogens is 273 g/mol. The van der Waals surface area contributed by atoms with Crippen LogP contribution >= 0.6 is 0 Å². The Kier molecular flexibility index (Phi) is 3.52. The molecule has 4 nitrogen and oxygen atoms in total. The van der Waals surface area contributed by atoms with Crippen molar-refractivity contribution >= 4 is 5.97 Å². The van der Waals surface area contributed by atoms with Crippen molar-refractivity contribution in [2.45, 2.75) is 19.6 Å². The molecule has 0 bridgehead atoms. The Labute approximate surface area is 112 Å². The summed E-state index contributed by atoms with van der Waals surface area (Å²) in [7, 11) is 0. The Morgan fingerprint density at radius 1 is 1.40 bits per heavy atom. The fraction of sp³-hybridized carbons (Fsp3) is 0.231. The highest BCUT2D eigenvalue weighted by Gasteiger charge is 2.31. The Bertz CT molecular complexity index is 647. The standard InChI is InChI=1S/C13H11F3N2O2/c1-2-18-11(10(7-17-18)12(19)20)8-4-3-5-9(6-8)13(14,15)16/h3-7H,2H2,1H3,(H,19,20). The molecule has 0 radical (unpaired) electrons. The third-order valence-electron chi connectivity index (χ3n) is 2.83. The first-order chi connectivity index (χ1) is 9.34. The van der Waals surface area contributed by atoms with E-state index in [1.165, 1.54) is 16.8 Å². The van der Waals surface area contributed by atoms with Gasteiger partial charge in [-0.25, -0.2) is 4.79 Å². The second-order valence-electron chi connectivity index (χ2n) is 4.11. The minimum atomic E-state index is -4.48. The van der Waals surface area contributed by atoms with E-state index in [1.54, 1.807) is 6.92 Å². The molecule has 0 saturated carbocycles. The number of benzene rings is 1. The van der Waals surface area contributed by atoms with Crippen LogP contribution in [0, 0.1) is 0 Å². The van der Waals surface area contributed by atoms with Crippen LogP contribution in [-0.4, -0.2) is 20.9 Å². The van der Waals surface area contributed by atoms with Crippen molar-refractivity contribution in [3.05, 3.63) is 41.6 Å². The van der Waals surface area contributed by atoms with Crippen molar-refractivity contribution in [2.75, 3.05) is 0 Å². The molecule has 0 atom stereocenters. The predicted molar refractivity (Wildman–Crippen MR) is 65.3 cm³/mol. The summed E-state index contributed by atoms with van der Waals surface area (Å²) >= 11 is 0. The van der Waals surface area contributed by atoms with Crippen LogP contribution in [0.1, 0.15) is 22.8 Å². The molecule has 0 amide bonds. The second kappa shape index (κ2) is 4.99. The lowest BCUT2D eigenvalue weighted by Gasteiger charge is -2.10. The maximum atomic E-state index is 12.7. The summed E-state index contributed by atoms with van der Waals surface area (Å²) in [6.45, 7) is 2.09. The fourth-order valence-electron chi connectivity index (χ4n) is 1.93. The van der Waals surface area contributed by atoms with Crippen molar-refractivity contribution in [3.63, 3.8) is 0 Å². The number of carbonyl (C=O) groups is 1. The molecule has 1 heterocycles. The smallest absolute Gasteiger partial charge is 0.416 e. The summed E-state index contributed by atoms with van der Waals surface area (Å²) < 4.78 is 39.5. The van der Waals surface area contributed by atoms with Gasteiger partial charge in [0.2, 0.25) is 0 Å². The molecular formula is C13H11F3N2O2. The van der Waals surface area contributed by atoms with Gasteiger partial charge in [-0.05, 0) is 19.1 Å². The van der Waals surface area contributed by atoms with Crippen molar-refractivity contribution in [3.8, 4) is 11.3 Å². The quantitative estimate of drug-likeness (QED) is 0.941. The molecule has 7 heteroatoms. The van der Waals surface area contributed by atoms with E-state index in [2.05, 4.69) is 5.10 Å². The lowest BCUT2D eigenvalue weighted by Crippen LogP contribution is -2.07. The zero-order chi connectivity index (χ0) is 14.9. The van der Waals surface area contributed by atoms with Crippen LogP contribution in [-0.2, 0) is 12.7 Å². The molecule has 1 N–H and O–H groups in total. The lowest BCUT2D eigenvalue weighted by atomic mass is 10.0. The van der Waals surface area contributed by atoms with Crippen LogP contribution in [0.25, 0.3) is 11.3 Å². The number of nitrogens with zero attached hydrogens (tertiary/aromatic N) is 2. The van der Waals surface area contributed by atoms with Gasteiger partial charge in [-0.3, -0.25) is 4.68 Å². The van der Waals surface area contributed by atoms with E-state index in [0.29, 0.717) is 6.54 Å². The van der Waals surface area contributed by atoms with Gasteiger partial charge in [0, 0.05) is 12.1 Å². The maximum absolute atomic E-state index is 12.7. The molecule has 0 unspecified atom stereocenters. The van der Waals surface area contributed by atoms with Gasteiger partial charge in [0.25, 0.3) is 0 Å². The molecule has 20 heavy (non-hydrogen) atoms. The van der Waals surface area contributed by atoms with E-state index < -0.39 is 17.7 Å². The zero-order valence-electron chi connectivity index (χ0n) is 10.5. The maximum Gasteiger partial charge on any atom is 0.416 e. The van der Waals surface area contributed by atoms with Gasteiger partial charge in [0.15, 0.2) is 0 Å². The largest absolute Gasteiger partial charge is 0.478 e. The normalized spacial score (nSPS) is 11.6. The highest BCUT2D eigenvalue weighted by Crippen LogP contribution is 2.33. The first-order valence-electron chi connectivity index (χ1n) is 5.81. The molecule has 2 aromatic rings. The monoisotopic (exact) mass is 284 g/mol. The topological polar surface area (TPSA) is 55.1 Å². The van der Waals surface area contributed by atoms with Crippen molar-refractivity contribution in [1.82, 2.24) is 9.78 Å². The molecule has 1 aromatic heterocycles. The number of carboxylic acids is 1. The Hall–Kier alpha value is -2.31. The number of aryl methyl sites for hydroxylation is 1. The van der Waals surface area contributed by atoms with Crippen LogP contribution in [0.4, 0.5) is 13.2 Å². The first-order valence-corrected chi connectivity index (χ1v) is 5.81. The van der Waals surface area contributed by atoms with Gasteiger partial charge in [-0.15, -0.1) is 0 Å². The van der Waals surface area contributed by atoms with Gasteiger partial charge in [-0.2, -0.15) is 18.3 Å². The number of hydrogen-bond donors (Lipinski definition) is 1. The van der Waals surface area contributed by atoms with Crippen LogP contribution in [0.15, 0.2) is 30.5 Å². The summed E-state index contributed by atoms with van der Waals surface area (Å²) in [5.74, 6) is -1.22. The van der Waals surface area contributed by atoms with Crippen molar-refractivity contribution in [2.24, 2.45) is 0 Å². The minimum absolute atomic E-state index is 0.119. The first kappa shape index (κ1) is 14.1. The Balaban J connectivity index is 2.62. The highest BCUT2D eigenvalue weighted by molar-refractivity contribution is 5.94. The number of hydrogen-bond acceptors (Lipinski definition) is 2. The van der Waals surface area contributed by atoms with Gasteiger partial charge < -0.3 is 5.11 Å². The molecule has 0 aliphatic carbocycles. The molecule has 0 saturated heterocycles. The summed E-state index contributed by atoms with van der Waals surface area (Å²) in [5.41, 5.74) is -0.593. The number of rotatable bonds is 3. The average molecular weight is 284 g/mol. The lowest BCUT2D eigenvalue weighted by molar-refractivity contribution is -0.137. The number of alkyl halides is 3. The van der Waals surface area contributed by atoms with Gasteiger partial charge in [0.05, 0.1) is 17.5 Å². The molecule has 1 aromatic carbocycles. The Morgan fingerprint density at radius 3 is 2.65 bits per heavy atom. The van der Waals surface area contributed by atoms with E-state index >= 15 is 0 Å². The molecule has 0 fully saturated rings. The fourth-order valence-corrected chi connectivity index (χ4v) is 1.93. The van der Waals surface area contributed by atoms with E-state index in [1.807, 2.05) is 0 Å². The van der Waals surface area contributed by atoms with E-state index in [9.17, 15) is 18.0 Å². The van der Waals surface area contributed by atoms with Crippen molar-refractivity contribution in [1.29, 1.82) is 0 Å². The molecule has 0 spiro atoms. The molecule has 0 aliphatic rings. The highest BCUT2D eigenvalue weighted by atomic mass is 19.4. The van der Waals surface area contributed by atoms with Crippen LogP contribution < -0.4 is 0 Å². The van der Waals surface area contributed by atoms with E-state index in [-0.39, 0.29) is 16.8 Å². The van der Waals surface area contributed by atoms with Crippen LogP contribution in [0.2, 0.25) is 0 Å². The second-order valence-corrected chi connectivity index (χ2v) is 4.11. The summed E-state index contributed by atoms with van der Waals surface area (Å²) in [6, 6.07) is 4.55. The van der Waals surface area contributed by atoms with Gasteiger partial charge in [0.1, 0.15) is 5.56 Å². The van der Waals surface area contributed by atoms with E-state index in [4.69, 9.17) is 5.11 Å². The summed E-state index contributed by atoms with van der Waals surface area (Å²) in [6.07, 6.45) is -3.34. The third kappa shape index (κ3) is 2.52. The molecule has 0 aliphatic heterocycles. The average Bonchev–Trinajstić information content (AvgIpc) is 2.81. The van der Waals surface area contributed by atoms with Crippen LogP contribution in [0.3, 0.4) is 0 Å². The van der Waals surface area contributed by atoms with Crippen molar-refractivity contribution < 1.29 is 23.1 Å². The summed E-state index contributed by atoms with van der Waals surface area (Å²) in [5, 5.41) is 13.0. The molecule has 106 valence electrons. The van der Waals surface area contributed by atoms with E-state index in [0.717, 1.165) is 18.3 Å². The zero-order valence-corrected chi connectivity index (χ0v) is 10.5. The Morgan fingerprint density at radius 2 is 2.10 bits per heavy atom.